The van der Waals surface area contributed by atoms with Crippen LogP contribution in [0.2, 0.25) is 0 Å². The van der Waals surface area contributed by atoms with Crippen molar-refractivity contribution in [3.05, 3.63) is 33.9 Å². The second-order valence-corrected chi connectivity index (χ2v) is 4.79. The number of anilines is 1. The Labute approximate surface area is 112 Å². The molecule has 0 radical (unpaired) electrons. The first-order valence-corrected chi connectivity index (χ1v) is 6.62. The molecule has 0 amide bonds. The molecule has 0 atom stereocenters. The molecule has 0 unspecified atom stereocenters. The summed E-state index contributed by atoms with van der Waals surface area (Å²) in [6.07, 6.45) is 4.72. The van der Waals surface area contributed by atoms with Crippen LogP contribution in [0, 0.1) is 21.4 Å². The van der Waals surface area contributed by atoms with E-state index < -0.39 is 4.92 Å². The monoisotopic (exact) mass is 259 g/mol. The maximum absolute atomic E-state index is 11.0. The SMILES string of the molecule is CCN(c1ccc(C#N)c([N+](=O)[O-])c1)C1CCCC1. The summed E-state index contributed by atoms with van der Waals surface area (Å²) in [4.78, 5) is 12.7. The molecule has 0 aromatic heterocycles. The summed E-state index contributed by atoms with van der Waals surface area (Å²) in [7, 11) is 0. The average molecular weight is 259 g/mol. The summed E-state index contributed by atoms with van der Waals surface area (Å²) in [5, 5.41) is 19.9. The van der Waals surface area contributed by atoms with Crippen LogP contribution in [0.3, 0.4) is 0 Å². The lowest BCUT2D eigenvalue weighted by molar-refractivity contribution is -0.385. The number of nitro groups is 1. The molecule has 1 aliphatic rings. The Hall–Kier alpha value is -2.09. The third-order valence-electron chi connectivity index (χ3n) is 3.74. The van der Waals surface area contributed by atoms with Crippen LogP contribution >= 0.6 is 0 Å². The molecule has 1 aromatic rings. The zero-order chi connectivity index (χ0) is 13.8. The summed E-state index contributed by atoms with van der Waals surface area (Å²) in [5.41, 5.74) is 0.868. The quantitative estimate of drug-likeness (QED) is 0.614. The van der Waals surface area contributed by atoms with Crippen molar-refractivity contribution >= 4 is 11.4 Å². The molecule has 5 heteroatoms. The average Bonchev–Trinajstić information content (AvgIpc) is 2.93. The van der Waals surface area contributed by atoms with Crippen molar-refractivity contribution in [2.75, 3.05) is 11.4 Å². The molecule has 19 heavy (non-hydrogen) atoms. The summed E-state index contributed by atoms with van der Waals surface area (Å²) in [6, 6.07) is 7.23. The fourth-order valence-electron chi connectivity index (χ4n) is 2.81. The zero-order valence-electron chi connectivity index (χ0n) is 11.0. The standard InChI is InChI=1S/C14H17N3O2/c1-2-16(12-5-3-4-6-12)13-8-7-11(10-15)14(9-13)17(18)19/h7-9,12H,2-6H2,1H3. The summed E-state index contributed by atoms with van der Waals surface area (Å²) in [5.74, 6) is 0. The van der Waals surface area contributed by atoms with E-state index in [1.807, 2.05) is 12.1 Å². The normalized spacial score (nSPS) is 15.2. The molecule has 1 aromatic carbocycles. The van der Waals surface area contributed by atoms with E-state index in [0.29, 0.717) is 6.04 Å². The molecular formula is C14H17N3O2. The highest BCUT2D eigenvalue weighted by Gasteiger charge is 2.24. The van der Waals surface area contributed by atoms with Gasteiger partial charge >= 0.3 is 0 Å². The Morgan fingerprint density at radius 1 is 1.47 bits per heavy atom. The second kappa shape index (κ2) is 5.70. The molecule has 1 fully saturated rings. The molecular weight excluding hydrogens is 242 g/mol. The summed E-state index contributed by atoms with van der Waals surface area (Å²) >= 11 is 0. The van der Waals surface area contributed by atoms with Crippen molar-refractivity contribution in [2.24, 2.45) is 0 Å². The van der Waals surface area contributed by atoms with Crippen LogP contribution in [0.4, 0.5) is 11.4 Å². The zero-order valence-corrected chi connectivity index (χ0v) is 11.0. The van der Waals surface area contributed by atoms with Gasteiger partial charge in [-0.1, -0.05) is 12.8 Å². The Kier molecular flexibility index (Phi) is 4.00. The predicted octanol–water partition coefficient (Wildman–Crippen LogP) is 3.24. The van der Waals surface area contributed by atoms with E-state index in [0.717, 1.165) is 25.1 Å². The fourth-order valence-corrected chi connectivity index (χ4v) is 2.81. The van der Waals surface area contributed by atoms with Gasteiger partial charge in [0.1, 0.15) is 11.6 Å². The number of hydrogen-bond acceptors (Lipinski definition) is 4. The third-order valence-corrected chi connectivity index (χ3v) is 3.74. The topological polar surface area (TPSA) is 70.2 Å². The molecule has 1 aliphatic carbocycles. The molecule has 0 N–H and O–H groups in total. The van der Waals surface area contributed by atoms with E-state index in [-0.39, 0.29) is 11.3 Å². The lowest BCUT2D eigenvalue weighted by atomic mass is 10.1. The number of nitrogens with zero attached hydrogens (tertiary/aromatic N) is 3. The molecule has 2 rings (SSSR count). The Balaban J connectivity index is 2.35. The van der Waals surface area contributed by atoms with Crippen molar-refractivity contribution < 1.29 is 4.92 Å². The van der Waals surface area contributed by atoms with Gasteiger partial charge in [-0.15, -0.1) is 0 Å². The van der Waals surface area contributed by atoms with Crippen LogP contribution in [-0.4, -0.2) is 17.5 Å². The first-order valence-electron chi connectivity index (χ1n) is 6.62. The lowest BCUT2D eigenvalue weighted by Crippen LogP contribution is -2.32. The van der Waals surface area contributed by atoms with Crippen LogP contribution in [0.1, 0.15) is 38.2 Å². The molecule has 0 bridgehead atoms. The van der Waals surface area contributed by atoms with E-state index in [2.05, 4.69) is 11.8 Å². The van der Waals surface area contributed by atoms with Crippen LogP contribution in [-0.2, 0) is 0 Å². The van der Waals surface area contributed by atoms with E-state index in [4.69, 9.17) is 5.26 Å². The Bertz CT molecular complexity index is 516. The van der Waals surface area contributed by atoms with E-state index in [9.17, 15) is 10.1 Å². The molecule has 0 spiro atoms. The number of benzene rings is 1. The lowest BCUT2D eigenvalue weighted by Gasteiger charge is -2.29. The van der Waals surface area contributed by atoms with Gasteiger partial charge < -0.3 is 4.90 Å². The van der Waals surface area contributed by atoms with Crippen molar-refractivity contribution in [2.45, 2.75) is 38.6 Å². The second-order valence-electron chi connectivity index (χ2n) is 4.79. The van der Waals surface area contributed by atoms with Gasteiger partial charge in [-0.25, -0.2) is 0 Å². The number of hydrogen-bond donors (Lipinski definition) is 0. The third kappa shape index (κ3) is 2.68. The van der Waals surface area contributed by atoms with Gasteiger partial charge in [-0.05, 0) is 31.9 Å². The van der Waals surface area contributed by atoms with Crippen LogP contribution < -0.4 is 4.90 Å². The van der Waals surface area contributed by atoms with Gasteiger partial charge in [0, 0.05) is 24.3 Å². The number of nitro benzene ring substituents is 1. The maximum atomic E-state index is 11.0. The van der Waals surface area contributed by atoms with E-state index in [1.54, 1.807) is 6.07 Å². The van der Waals surface area contributed by atoms with Gasteiger partial charge in [0.25, 0.3) is 5.69 Å². The fraction of sp³-hybridized carbons (Fsp3) is 0.500. The smallest absolute Gasteiger partial charge is 0.289 e. The molecule has 0 heterocycles. The van der Waals surface area contributed by atoms with Crippen LogP contribution in [0.15, 0.2) is 18.2 Å². The van der Waals surface area contributed by atoms with Crippen molar-refractivity contribution in [1.29, 1.82) is 5.26 Å². The Morgan fingerprint density at radius 2 is 2.16 bits per heavy atom. The van der Waals surface area contributed by atoms with Gasteiger partial charge in [-0.2, -0.15) is 5.26 Å². The minimum Gasteiger partial charge on any atom is -0.369 e. The van der Waals surface area contributed by atoms with Crippen LogP contribution in [0.25, 0.3) is 0 Å². The van der Waals surface area contributed by atoms with Crippen LogP contribution in [0.5, 0.6) is 0 Å². The first-order chi connectivity index (χ1) is 9.17. The Morgan fingerprint density at radius 3 is 2.68 bits per heavy atom. The van der Waals surface area contributed by atoms with Gasteiger partial charge in [-0.3, -0.25) is 10.1 Å². The van der Waals surface area contributed by atoms with E-state index >= 15 is 0 Å². The number of rotatable bonds is 4. The molecule has 5 nitrogen and oxygen atoms in total. The van der Waals surface area contributed by atoms with Gasteiger partial charge in [0.2, 0.25) is 0 Å². The summed E-state index contributed by atoms with van der Waals surface area (Å²) in [6.45, 7) is 2.88. The van der Waals surface area contributed by atoms with Gasteiger partial charge in [0.05, 0.1) is 4.92 Å². The van der Waals surface area contributed by atoms with Crippen molar-refractivity contribution in [3.8, 4) is 6.07 Å². The summed E-state index contributed by atoms with van der Waals surface area (Å²) < 4.78 is 0. The minimum atomic E-state index is -0.482. The van der Waals surface area contributed by atoms with E-state index in [1.165, 1.54) is 18.9 Å². The predicted molar refractivity (Wildman–Crippen MR) is 73.1 cm³/mol. The minimum absolute atomic E-state index is 0.101. The molecule has 0 aliphatic heterocycles. The highest BCUT2D eigenvalue weighted by molar-refractivity contribution is 5.60. The largest absolute Gasteiger partial charge is 0.369 e. The van der Waals surface area contributed by atoms with Crippen molar-refractivity contribution in [1.82, 2.24) is 0 Å². The molecule has 1 saturated carbocycles. The van der Waals surface area contributed by atoms with Crippen molar-refractivity contribution in [3.63, 3.8) is 0 Å². The molecule has 100 valence electrons. The van der Waals surface area contributed by atoms with Gasteiger partial charge in [0.15, 0.2) is 0 Å². The molecule has 0 saturated heterocycles. The first kappa shape index (κ1) is 13.3. The maximum Gasteiger partial charge on any atom is 0.289 e. The highest BCUT2D eigenvalue weighted by atomic mass is 16.6. The highest BCUT2D eigenvalue weighted by Crippen LogP contribution is 2.31. The number of nitriles is 1.